The number of halogens is 2. The molecule has 2 aliphatic heterocycles. The fourth-order valence-electron chi connectivity index (χ4n) is 4.38. The Morgan fingerprint density at radius 2 is 1.75 bits per heavy atom. The lowest BCUT2D eigenvalue weighted by molar-refractivity contribution is -0.129. The number of nitrogens with two attached hydrogens (primary N) is 1. The van der Waals surface area contributed by atoms with Gasteiger partial charge in [-0.25, -0.2) is 13.2 Å². The summed E-state index contributed by atoms with van der Waals surface area (Å²) in [5.41, 5.74) is 5.49. The Labute approximate surface area is 241 Å². The van der Waals surface area contributed by atoms with Crippen molar-refractivity contribution in [2.45, 2.75) is 42.7 Å². The van der Waals surface area contributed by atoms with Crippen LogP contribution in [0.15, 0.2) is 70.7 Å². The number of piperidine rings is 1. The standard InChI is InChI=1S/C14H14Cl2N2O5S.C13H14N2O/c15-9-1-2-10(16)12(7-9)24(21,22)18-5-3-14(4-6-18)8-11(13(19)20)17-23-14;1-9(14)13(16)15-12-7-6-10-4-2-3-5-11(10)8-12/h1-2,7H,3-6,8H2,(H,19,20);2-9H,14H2,1H3,(H,15,16). The summed E-state index contributed by atoms with van der Waals surface area (Å²) >= 11 is 11.9. The highest BCUT2D eigenvalue weighted by Crippen LogP contribution is 2.37. The lowest BCUT2D eigenvalue weighted by atomic mass is 9.88. The summed E-state index contributed by atoms with van der Waals surface area (Å²) in [6, 6.07) is 17.6. The van der Waals surface area contributed by atoms with Crippen molar-refractivity contribution in [1.29, 1.82) is 0 Å². The predicted octanol–water partition coefficient (Wildman–Crippen LogP) is 4.50. The molecular weight excluding hydrogens is 579 g/mol. The summed E-state index contributed by atoms with van der Waals surface area (Å²) < 4.78 is 26.8. The van der Waals surface area contributed by atoms with E-state index in [2.05, 4.69) is 10.5 Å². The molecule has 1 amide bonds. The number of hydrogen-bond acceptors (Lipinski definition) is 7. The maximum absolute atomic E-state index is 12.8. The first kappa shape index (κ1) is 29.8. The number of hydrogen-bond donors (Lipinski definition) is 3. The van der Waals surface area contributed by atoms with Crippen LogP contribution in [0.1, 0.15) is 26.2 Å². The number of anilines is 1. The predicted molar refractivity (Wildman–Crippen MR) is 154 cm³/mol. The number of carboxylic acids is 1. The van der Waals surface area contributed by atoms with Gasteiger partial charge in [0.1, 0.15) is 10.5 Å². The summed E-state index contributed by atoms with van der Waals surface area (Å²) in [5.74, 6) is -1.29. The SMILES string of the molecule is CC(N)C(=O)Nc1ccc2ccccc2c1.O=C(O)C1=NOC2(CCN(S(=O)(=O)c3cc(Cl)ccc3Cl)CC2)C1. The molecule has 2 aliphatic rings. The van der Waals surface area contributed by atoms with Crippen molar-refractivity contribution in [2.75, 3.05) is 18.4 Å². The highest BCUT2D eigenvalue weighted by molar-refractivity contribution is 7.89. The van der Waals surface area contributed by atoms with Crippen LogP contribution in [-0.4, -0.2) is 60.2 Å². The van der Waals surface area contributed by atoms with Crippen molar-refractivity contribution in [3.05, 3.63) is 70.7 Å². The van der Waals surface area contributed by atoms with Gasteiger partial charge in [-0.15, -0.1) is 0 Å². The van der Waals surface area contributed by atoms with Crippen molar-refractivity contribution in [2.24, 2.45) is 10.9 Å². The Morgan fingerprint density at radius 1 is 1.07 bits per heavy atom. The maximum atomic E-state index is 12.8. The van der Waals surface area contributed by atoms with E-state index in [4.69, 9.17) is 38.9 Å². The zero-order valence-corrected chi connectivity index (χ0v) is 23.8. The van der Waals surface area contributed by atoms with Crippen LogP contribution < -0.4 is 11.1 Å². The number of nitrogens with one attached hydrogen (secondary N) is 1. The fourth-order valence-corrected chi connectivity index (χ4v) is 6.55. The van der Waals surface area contributed by atoms with Gasteiger partial charge in [-0.05, 0) is 48.0 Å². The van der Waals surface area contributed by atoms with Gasteiger partial charge in [0.15, 0.2) is 5.71 Å². The number of carbonyl (C=O) groups is 2. The lowest BCUT2D eigenvalue weighted by Crippen LogP contribution is -2.47. The molecule has 1 unspecified atom stereocenters. The zero-order chi connectivity index (χ0) is 29.1. The summed E-state index contributed by atoms with van der Waals surface area (Å²) in [5, 5.41) is 18.0. The van der Waals surface area contributed by atoms with Crippen molar-refractivity contribution < 1.29 is 28.0 Å². The molecule has 0 aliphatic carbocycles. The van der Waals surface area contributed by atoms with Crippen LogP contribution in [0.5, 0.6) is 0 Å². The van der Waals surface area contributed by atoms with Crippen LogP contribution in [0.3, 0.4) is 0 Å². The van der Waals surface area contributed by atoms with Crippen molar-refractivity contribution in [1.82, 2.24) is 4.31 Å². The molecule has 4 N–H and O–H groups in total. The van der Waals surface area contributed by atoms with E-state index in [1.165, 1.54) is 22.5 Å². The second-order valence-corrected chi connectivity index (χ2v) is 12.4. The van der Waals surface area contributed by atoms with Gasteiger partial charge in [0.2, 0.25) is 15.9 Å². The molecule has 3 aromatic carbocycles. The number of nitrogens with zero attached hydrogens (tertiary/aromatic N) is 2. The Bertz CT molecular complexity index is 1570. The number of sulfonamides is 1. The summed E-state index contributed by atoms with van der Waals surface area (Å²) in [6.45, 7) is 2.04. The van der Waals surface area contributed by atoms with Gasteiger partial charge in [-0.3, -0.25) is 4.79 Å². The molecule has 0 aromatic heterocycles. The second-order valence-electron chi connectivity index (χ2n) is 9.61. The zero-order valence-electron chi connectivity index (χ0n) is 21.5. The minimum Gasteiger partial charge on any atom is -0.477 e. The van der Waals surface area contributed by atoms with Crippen LogP contribution in [0.2, 0.25) is 10.0 Å². The summed E-state index contributed by atoms with van der Waals surface area (Å²) in [6.07, 6.45) is 0.879. The van der Waals surface area contributed by atoms with Gasteiger partial charge in [0.05, 0.1) is 11.1 Å². The largest absolute Gasteiger partial charge is 0.477 e. The van der Waals surface area contributed by atoms with Crippen LogP contribution in [0, 0.1) is 0 Å². The quantitative estimate of drug-likeness (QED) is 0.386. The molecule has 5 rings (SSSR count). The van der Waals surface area contributed by atoms with Crippen LogP contribution in [0.25, 0.3) is 10.8 Å². The smallest absolute Gasteiger partial charge is 0.353 e. The molecule has 2 heterocycles. The summed E-state index contributed by atoms with van der Waals surface area (Å²) in [7, 11) is -3.78. The number of aliphatic carboxylic acids is 1. The molecule has 1 saturated heterocycles. The van der Waals surface area contributed by atoms with Crippen LogP contribution in [0.4, 0.5) is 5.69 Å². The molecule has 3 aromatic rings. The van der Waals surface area contributed by atoms with Gasteiger partial charge in [0, 0.05) is 43.1 Å². The molecule has 0 bridgehead atoms. The molecule has 212 valence electrons. The first-order valence-electron chi connectivity index (χ1n) is 12.4. The van der Waals surface area contributed by atoms with Crippen molar-refractivity contribution in [3.63, 3.8) is 0 Å². The monoisotopic (exact) mass is 606 g/mol. The van der Waals surface area contributed by atoms with Gasteiger partial charge >= 0.3 is 5.97 Å². The molecule has 1 spiro atoms. The third-order valence-electron chi connectivity index (χ3n) is 6.66. The summed E-state index contributed by atoms with van der Waals surface area (Å²) in [4.78, 5) is 27.6. The Kier molecular flexibility index (Phi) is 9.01. The minimum atomic E-state index is -3.78. The average molecular weight is 608 g/mol. The average Bonchev–Trinajstić information content (AvgIpc) is 3.34. The number of amides is 1. The number of rotatable bonds is 5. The van der Waals surface area contributed by atoms with E-state index in [0.717, 1.165) is 16.5 Å². The molecular formula is C27H28Cl2N4O6S. The topological polar surface area (TPSA) is 151 Å². The van der Waals surface area contributed by atoms with Gasteiger partial charge in [-0.2, -0.15) is 4.31 Å². The molecule has 1 atom stereocenters. The van der Waals surface area contributed by atoms with E-state index in [1.807, 2.05) is 42.5 Å². The number of benzene rings is 3. The van der Waals surface area contributed by atoms with Crippen molar-refractivity contribution >= 4 is 67.3 Å². The van der Waals surface area contributed by atoms with E-state index in [1.54, 1.807) is 6.92 Å². The Morgan fingerprint density at radius 3 is 2.38 bits per heavy atom. The third kappa shape index (κ3) is 6.73. The first-order valence-corrected chi connectivity index (χ1v) is 14.6. The lowest BCUT2D eigenvalue weighted by Gasteiger charge is -2.36. The number of carbonyl (C=O) groups excluding carboxylic acids is 1. The van der Waals surface area contributed by atoms with Gasteiger partial charge in [-0.1, -0.05) is 58.7 Å². The number of carboxylic acid groups (broad SMARTS) is 1. The van der Waals surface area contributed by atoms with E-state index < -0.39 is 27.6 Å². The number of fused-ring (bicyclic) bond motifs is 1. The van der Waals surface area contributed by atoms with E-state index in [9.17, 15) is 18.0 Å². The van der Waals surface area contributed by atoms with Gasteiger partial charge in [0.25, 0.3) is 0 Å². The Balaban J connectivity index is 0.000000201. The van der Waals surface area contributed by atoms with E-state index in [-0.39, 0.29) is 46.1 Å². The maximum Gasteiger partial charge on any atom is 0.353 e. The Hall–Kier alpha value is -3.22. The minimum absolute atomic E-state index is 0.0378. The third-order valence-corrected chi connectivity index (χ3v) is 9.28. The normalized spacial score (nSPS) is 17.4. The molecule has 40 heavy (non-hydrogen) atoms. The van der Waals surface area contributed by atoms with Gasteiger partial charge < -0.3 is 21.0 Å². The highest BCUT2D eigenvalue weighted by Gasteiger charge is 2.46. The van der Waals surface area contributed by atoms with Crippen LogP contribution in [-0.2, 0) is 24.4 Å². The highest BCUT2D eigenvalue weighted by atomic mass is 35.5. The number of oxime groups is 1. The second kappa shape index (κ2) is 12.1. The molecule has 1 fully saturated rings. The molecule has 0 saturated carbocycles. The fraction of sp³-hybridized carbons (Fsp3) is 0.296. The molecule has 10 nitrogen and oxygen atoms in total. The molecule has 0 radical (unpaired) electrons. The van der Waals surface area contributed by atoms with E-state index >= 15 is 0 Å². The first-order chi connectivity index (χ1) is 18.9. The van der Waals surface area contributed by atoms with E-state index in [0.29, 0.717) is 12.8 Å². The van der Waals surface area contributed by atoms with Crippen LogP contribution >= 0.6 is 23.2 Å². The van der Waals surface area contributed by atoms with Crippen molar-refractivity contribution in [3.8, 4) is 0 Å². The molecule has 13 heteroatoms.